The SMILES string of the molecule is Oc1cccc(-c2nc(N3CCOCC3)c3cncn3n2)c1. The Hall–Kier alpha value is -2.67. The molecule has 7 heteroatoms. The van der Waals surface area contributed by atoms with Crippen molar-refractivity contribution in [2.24, 2.45) is 0 Å². The lowest BCUT2D eigenvalue weighted by molar-refractivity contribution is 0.122. The molecule has 7 nitrogen and oxygen atoms in total. The Morgan fingerprint density at radius 3 is 2.86 bits per heavy atom. The van der Waals surface area contributed by atoms with E-state index in [0.717, 1.165) is 30.0 Å². The summed E-state index contributed by atoms with van der Waals surface area (Å²) in [6.07, 6.45) is 3.42. The van der Waals surface area contributed by atoms with Gasteiger partial charge < -0.3 is 14.7 Å². The van der Waals surface area contributed by atoms with Crippen LogP contribution in [0.5, 0.6) is 5.75 Å². The molecule has 1 aliphatic rings. The summed E-state index contributed by atoms with van der Waals surface area (Å²) in [5.74, 6) is 1.59. The van der Waals surface area contributed by atoms with Crippen LogP contribution in [0.1, 0.15) is 0 Å². The Kier molecular flexibility index (Phi) is 3.12. The molecule has 1 aromatic carbocycles. The van der Waals surface area contributed by atoms with Crippen molar-refractivity contribution < 1.29 is 9.84 Å². The Labute approximate surface area is 126 Å². The zero-order valence-corrected chi connectivity index (χ0v) is 11.9. The monoisotopic (exact) mass is 297 g/mol. The molecular formula is C15H15N5O2. The molecule has 112 valence electrons. The Bertz CT molecular complexity index is 811. The summed E-state index contributed by atoms with van der Waals surface area (Å²) in [4.78, 5) is 11.0. The predicted octanol–water partition coefficient (Wildman–Crippen LogP) is 1.33. The zero-order valence-electron chi connectivity index (χ0n) is 11.9. The minimum absolute atomic E-state index is 0.194. The van der Waals surface area contributed by atoms with Crippen molar-refractivity contribution in [3.05, 3.63) is 36.8 Å². The van der Waals surface area contributed by atoms with Crippen molar-refractivity contribution in [2.45, 2.75) is 0 Å². The summed E-state index contributed by atoms with van der Waals surface area (Å²) in [7, 11) is 0. The molecule has 22 heavy (non-hydrogen) atoms. The maximum Gasteiger partial charge on any atom is 0.182 e. The third-order valence-corrected chi connectivity index (χ3v) is 3.68. The van der Waals surface area contributed by atoms with E-state index in [4.69, 9.17) is 9.72 Å². The van der Waals surface area contributed by atoms with Gasteiger partial charge in [0.1, 0.15) is 17.6 Å². The molecule has 0 saturated carbocycles. The third-order valence-electron chi connectivity index (χ3n) is 3.68. The number of hydrogen-bond donors (Lipinski definition) is 1. The van der Waals surface area contributed by atoms with Gasteiger partial charge in [-0.25, -0.2) is 14.5 Å². The zero-order chi connectivity index (χ0) is 14.9. The summed E-state index contributed by atoms with van der Waals surface area (Å²) in [5.41, 5.74) is 1.64. The van der Waals surface area contributed by atoms with Crippen molar-refractivity contribution in [3.63, 3.8) is 0 Å². The van der Waals surface area contributed by atoms with Gasteiger partial charge >= 0.3 is 0 Å². The van der Waals surface area contributed by atoms with Crippen molar-refractivity contribution in [2.75, 3.05) is 31.2 Å². The lowest BCUT2D eigenvalue weighted by atomic mass is 10.2. The van der Waals surface area contributed by atoms with E-state index in [1.54, 1.807) is 35.2 Å². The summed E-state index contributed by atoms with van der Waals surface area (Å²) < 4.78 is 7.12. The first kappa shape index (κ1) is 13.0. The molecule has 1 N–H and O–H groups in total. The number of anilines is 1. The van der Waals surface area contributed by atoms with Crippen molar-refractivity contribution in [1.29, 1.82) is 0 Å². The maximum atomic E-state index is 9.66. The summed E-state index contributed by atoms with van der Waals surface area (Å²) in [6.45, 7) is 2.95. The molecule has 1 fully saturated rings. The van der Waals surface area contributed by atoms with Crippen LogP contribution < -0.4 is 4.90 Å². The second-order valence-electron chi connectivity index (χ2n) is 5.13. The van der Waals surface area contributed by atoms with Crippen LogP contribution in [0.25, 0.3) is 16.9 Å². The highest BCUT2D eigenvalue weighted by Crippen LogP contribution is 2.25. The van der Waals surface area contributed by atoms with Crippen molar-refractivity contribution >= 4 is 11.3 Å². The third kappa shape index (κ3) is 2.25. The first-order chi connectivity index (χ1) is 10.8. The topological polar surface area (TPSA) is 75.8 Å². The van der Waals surface area contributed by atoms with Gasteiger partial charge in [-0.2, -0.15) is 0 Å². The fourth-order valence-electron chi connectivity index (χ4n) is 2.59. The molecule has 0 bridgehead atoms. The van der Waals surface area contributed by atoms with Gasteiger partial charge in [0.25, 0.3) is 0 Å². The number of ether oxygens (including phenoxy) is 1. The van der Waals surface area contributed by atoms with E-state index in [-0.39, 0.29) is 5.75 Å². The molecule has 3 aromatic rings. The van der Waals surface area contributed by atoms with Gasteiger partial charge in [-0.3, -0.25) is 0 Å². The molecule has 0 unspecified atom stereocenters. The molecule has 1 saturated heterocycles. The van der Waals surface area contributed by atoms with E-state index in [1.807, 2.05) is 6.07 Å². The van der Waals surface area contributed by atoms with Crippen LogP contribution >= 0.6 is 0 Å². The average molecular weight is 297 g/mol. The maximum absolute atomic E-state index is 9.66. The summed E-state index contributed by atoms with van der Waals surface area (Å²) in [6, 6.07) is 6.94. The number of phenolic OH excluding ortho intramolecular Hbond substituents is 1. The van der Waals surface area contributed by atoms with Crippen LogP contribution in [0.4, 0.5) is 5.82 Å². The number of phenols is 1. The number of rotatable bonds is 2. The second-order valence-corrected chi connectivity index (χ2v) is 5.13. The number of hydrogen-bond acceptors (Lipinski definition) is 6. The van der Waals surface area contributed by atoms with Gasteiger partial charge in [0.05, 0.1) is 19.4 Å². The molecule has 4 rings (SSSR count). The van der Waals surface area contributed by atoms with Gasteiger partial charge in [0.2, 0.25) is 0 Å². The van der Waals surface area contributed by atoms with Crippen LogP contribution in [0.2, 0.25) is 0 Å². The minimum atomic E-state index is 0.194. The van der Waals surface area contributed by atoms with Gasteiger partial charge in [-0.15, -0.1) is 5.10 Å². The number of nitrogens with zero attached hydrogens (tertiary/aromatic N) is 5. The molecule has 0 atom stereocenters. The highest BCUT2D eigenvalue weighted by Gasteiger charge is 2.18. The fraction of sp³-hybridized carbons (Fsp3) is 0.267. The minimum Gasteiger partial charge on any atom is -0.508 e. The van der Waals surface area contributed by atoms with Crippen molar-refractivity contribution in [3.8, 4) is 17.1 Å². The smallest absolute Gasteiger partial charge is 0.182 e. The number of benzene rings is 1. The molecule has 0 spiro atoms. The van der Waals surface area contributed by atoms with E-state index >= 15 is 0 Å². The van der Waals surface area contributed by atoms with E-state index < -0.39 is 0 Å². The van der Waals surface area contributed by atoms with Gasteiger partial charge in [-0.1, -0.05) is 12.1 Å². The van der Waals surface area contributed by atoms with Crippen molar-refractivity contribution in [1.82, 2.24) is 19.6 Å². The molecule has 2 aromatic heterocycles. The van der Waals surface area contributed by atoms with Gasteiger partial charge in [0.15, 0.2) is 11.6 Å². The first-order valence-electron chi connectivity index (χ1n) is 7.14. The highest BCUT2D eigenvalue weighted by molar-refractivity contribution is 5.71. The largest absolute Gasteiger partial charge is 0.508 e. The quantitative estimate of drug-likeness (QED) is 0.769. The molecule has 0 radical (unpaired) electrons. The van der Waals surface area contributed by atoms with Crippen LogP contribution in [0, 0.1) is 0 Å². The van der Waals surface area contributed by atoms with Crippen LogP contribution in [0.15, 0.2) is 36.8 Å². The number of imidazole rings is 1. The van der Waals surface area contributed by atoms with Gasteiger partial charge in [0, 0.05) is 18.7 Å². The average Bonchev–Trinajstić information content (AvgIpc) is 3.03. The van der Waals surface area contributed by atoms with Crippen LogP contribution in [-0.4, -0.2) is 51.0 Å². The van der Waals surface area contributed by atoms with Gasteiger partial charge in [-0.05, 0) is 12.1 Å². The van der Waals surface area contributed by atoms with E-state index in [9.17, 15) is 5.11 Å². The first-order valence-corrected chi connectivity index (χ1v) is 7.14. The molecule has 0 amide bonds. The second kappa shape index (κ2) is 5.27. The van der Waals surface area contributed by atoms with Crippen LogP contribution in [0.3, 0.4) is 0 Å². The standard InChI is InChI=1S/C15H15N5O2/c21-12-3-1-2-11(8-12)14-17-15(19-4-6-22-7-5-19)13-9-16-10-20(13)18-14/h1-3,8-10,21H,4-7H2. The Morgan fingerprint density at radius 1 is 1.18 bits per heavy atom. The normalized spacial score (nSPS) is 15.4. The lowest BCUT2D eigenvalue weighted by Gasteiger charge is -2.28. The fourth-order valence-corrected chi connectivity index (χ4v) is 2.59. The number of morpholine rings is 1. The Morgan fingerprint density at radius 2 is 2.05 bits per heavy atom. The number of aromatic nitrogens is 4. The summed E-state index contributed by atoms with van der Waals surface area (Å²) in [5, 5.41) is 14.1. The summed E-state index contributed by atoms with van der Waals surface area (Å²) >= 11 is 0. The van der Waals surface area contributed by atoms with E-state index in [1.165, 1.54) is 0 Å². The molecule has 3 heterocycles. The predicted molar refractivity (Wildman–Crippen MR) is 80.9 cm³/mol. The van der Waals surface area contributed by atoms with E-state index in [2.05, 4.69) is 15.0 Å². The lowest BCUT2D eigenvalue weighted by Crippen LogP contribution is -2.37. The molecular weight excluding hydrogens is 282 g/mol. The molecule has 1 aliphatic heterocycles. The highest BCUT2D eigenvalue weighted by atomic mass is 16.5. The number of fused-ring (bicyclic) bond motifs is 1. The van der Waals surface area contributed by atoms with E-state index in [0.29, 0.717) is 19.0 Å². The van der Waals surface area contributed by atoms with Crippen LogP contribution in [-0.2, 0) is 4.74 Å². The molecule has 0 aliphatic carbocycles. The number of aromatic hydroxyl groups is 1. The Balaban J connectivity index is 1.86.